The van der Waals surface area contributed by atoms with Crippen molar-refractivity contribution in [3.63, 3.8) is 0 Å². The van der Waals surface area contributed by atoms with Gasteiger partial charge >= 0.3 is 0 Å². The first-order chi connectivity index (χ1) is 12.2. The van der Waals surface area contributed by atoms with Gasteiger partial charge < -0.3 is 13.7 Å². The molecule has 0 aliphatic carbocycles. The molecule has 4 rings (SSSR count). The van der Waals surface area contributed by atoms with Crippen molar-refractivity contribution in [2.75, 3.05) is 19.7 Å². The largest absolute Gasteiger partial charge is 0.461 e. The van der Waals surface area contributed by atoms with Crippen LogP contribution in [0.3, 0.4) is 0 Å². The van der Waals surface area contributed by atoms with Crippen LogP contribution in [0.5, 0.6) is 0 Å². The molecular formula is C17H21N5O3. The molecule has 0 radical (unpaired) electrons. The molecule has 3 aromatic heterocycles. The van der Waals surface area contributed by atoms with Gasteiger partial charge in [0.2, 0.25) is 11.7 Å². The molecule has 1 saturated heterocycles. The zero-order chi connectivity index (χ0) is 17.2. The van der Waals surface area contributed by atoms with E-state index in [2.05, 4.69) is 33.1 Å². The number of aryl methyl sites for hydroxylation is 2. The summed E-state index contributed by atoms with van der Waals surface area (Å²) in [5.74, 6) is 1.67. The van der Waals surface area contributed by atoms with E-state index >= 15 is 0 Å². The van der Waals surface area contributed by atoms with E-state index in [1.807, 2.05) is 17.7 Å². The number of aromatic nitrogens is 4. The van der Waals surface area contributed by atoms with Gasteiger partial charge in [0.25, 0.3) is 0 Å². The molecule has 1 aliphatic rings. The molecule has 1 atom stereocenters. The lowest BCUT2D eigenvalue weighted by Crippen LogP contribution is -2.44. The van der Waals surface area contributed by atoms with Crippen molar-refractivity contribution in [1.29, 1.82) is 0 Å². The van der Waals surface area contributed by atoms with Crippen LogP contribution in [0.25, 0.3) is 11.6 Å². The zero-order valence-corrected chi connectivity index (χ0v) is 14.4. The second-order valence-corrected chi connectivity index (χ2v) is 6.33. The topological polar surface area (TPSA) is 82.4 Å². The smallest absolute Gasteiger partial charge is 0.241 e. The summed E-state index contributed by atoms with van der Waals surface area (Å²) < 4.78 is 18.5. The quantitative estimate of drug-likeness (QED) is 0.701. The van der Waals surface area contributed by atoms with E-state index in [-0.39, 0.29) is 6.10 Å². The van der Waals surface area contributed by atoms with Gasteiger partial charge in [0.05, 0.1) is 37.8 Å². The van der Waals surface area contributed by atoms with Crippen molar-refractivity contribution in [3.8, 4) is 11.6 Å². The average Bonchev–Trinajstić information content (AvgIpc) is 3.30. The van der Waals surface area contributed by atoms with Crippen LogP contribution in [0.1, 0.15) is 17.3 Å². The second-order valence-electron chi connectivity index (χ2n) is 6.33. The predicted molar refractivity (Wildman–Crippen MR) is 88.7 cm³/mol. The van der Waals surface area contributed by atoms with Gasteiger partial charge in [0.1, 0.15) is 0 Å². The highest BCUT2D eigenvalue weighted by atomic mass is 16.5. The highest BCUT2D eigenvalue weighted by Crippen LogP contribution is 2.17. The first kappa shape index (κ1) is 16.0. The van der Waals surface area contributed by atoms with E-state index < -0.39 is 0 Å². The van der Waals surface area contributed by atoms with E-state index in [4.69, 9.17) is 13.7 Å². The summed E-state index contributed by atoms with van der Waals surface area (Å²) in [7, 11) is 0. The molecular weight excluding hydrogens is 322 g/mol. The Kier molecular flexibility index (Phi) is 4.37. The summed E-state index contributed by atoms with van der Waals surface area (Å²) in [4.78, 5) is 6.66. The molecule has 1 aliphatic heterocycles. The third-order valence-electron chi connectivity index (χ3n) is 4.27. The molecule has 8 nitrogen and oxygen atoms in total. The van der Waals surface area contributed by atoms with E-state index in [9.17, 15) is 0 Å². The molecule has 25 heavy (non-hydrogen) atoms. The van der Waals surface area contributed by atoms with Crippen LogP contribution in [0.4, 0.5) is 0 Å². The molecule has 0 N–H and O–H groups in total. The number of hydrogen-bond acceptors (Lipinski definition) is 7. The third kappa shape index (κ3) is 3.64. The summed E-state index contributed by atoms with van der Waals surface area (Å²) in [5, 5.41) is 8.49. The molecule has 0 aromatic carbocycles. The Morgan fingerprint density at radius 2 is 2.24 bits per heavy atom. The number of morpholine rings is 1. The van der Waals surface area contributed by atoms with E-state index in [0.29, 0.717) is 30.6 Å². The molecule has 1 fully saturated rings. The van der Waals surface area contributed by atoms with Gasteiger partial charge in [0, 0.05) is 18.8 Å². The van der Waals surface area contributed by atoms with Crippen LogP contribution < -0.4 is 0 Å². The van der Waals surface area contributed by atoms with Gasteiger partial charge in [-0.05, 0) is 32.0 Å². The zero-order valence-electron chi connectivity index (χ0n) is 14.4. The highest BCUT2D eigenvalue weighted by molar-refractivity contribution is 5.44. The summed E-state index contributed by atoms with van der Waals surface area (Å²) in [5.41, 5.74) is 2.18. The summed E-state index contributed by atoms with van der Waals surface area (Å²) >= 11 is 0. The Morgan fingerprint density at radius 1 is 1.32 bits per heavy atom. The lowest BCUT2D eigenvalue weighted by atomic mass is 10.2. The van der Waals surface area contributed by atoms with Crippen LogP contribution in [-0.2, 0) is 17.8 Å². The lowest BCUT2D eigenvalue weighted by Gasteiger charge is -2.32. The SMILES string of the molecule is Cc1cc(C)n(CC2CN(Cc3nc(-c4ccco4)no3)CCO2)n1. The second kappa shape index (κ2) is 6.81. The molecule has 0 amide bonds. The Labute approximate surface area is 145 Å². The monoisotopic (exact) mass is 343 g/mol. The van der Waals surface area contributed by atoms with Gasteiger partial charge in [-0.3, -0.25) is 9.58 Å². The minimum absolute atomic E-state index is 0.0965. The molecule has 4 heterocycles. The molecule has 3 aromatic rings. The first-order valence-corrected chi connectivity index (χ1v) is 8.39. The normalized spacial score (nSPS) is 18.7. The lowest BCUT2D eigenvalue weighted by molar-refractivity contribution is -0.0429. The van der Waals surface area contributed by atoms with Crippen molar-refractivity contribution in [3.05, 3.63) is 41.7 Å². The Hall–Kier alpha value is -2.45. The number of rotatable bonds is 5. The van der Waals surface area contributed by atoms with E-state index in [0.717, 1.165) is 31.0 Å². The van der Waals surface area contributed by atoms with Crippen LogP contribution in [0.2, 0.25) is 0 Å². The van der Waals surface area contributed by atoms with Crippen molar-refractivity contribution < 1.29 is 13.7 Å². The van der Waals surface area contributed by atoms with Crippen LogP contribution >= 0.6 is 0 Å². The van der Waals surface area contributed by atoms with Crippen molar-refractivity contribution >= 4 is 0 Å². The number of furan rings is 1. The fraction of sp³-hybridized carbons (Fsp3) is 0.471. The van der Waals surface area contributed by atoms with Crippen molar-refractivity contribution in [2.45, 2.75) is 33.0 Å². The maximum absolute atomic E-state index is 5.89. The van der Waals surface area contributed by atoms with Crippen LogP contribution in [0, 0.1) is 13.8 Å². The van der Waals surface area contributed by atoms with Gasteiger partial charge in [-0.2, -0.15) is 10.1 Å². The molecule has 132 valence electrons. The minimum atomic E-state index is 0.0965. The highest BCUT2D eigenvalue weighted by Gasteiger charge is 2.23. The summed E-state index contributed by atoms with van der Waals surface area (Å²) in [6, 6.07) is 5.69. The van der Waals surface area contributed by atoms with Gasteiger partial charge in [-0.15, -0.1) is 0 Å². The van der Waals surface area contributed by atoms with Gasteiger partial charge in [-0.1, -0.05) is 5.16 Å². The third-order valence-corrected chi connectivity index (χ3v) is 4.27. The van der Waals surface area contributed by atoms with E-state index in [1.54, 1.807) is 12.3 Å². The summed E-state index contributed by atoms with van der Waals surface area (Å²) in [6.07, 6.45) is 1.69. The maximum Gasteiger partial charge on any atom is 0.241 e. The van der Waals surface area contributed by atoms with Gasteiger partial charge in [0.15, 0.2) is 5.76 Å². The Bertz CT molecular complexity index is 823. The predicted octanol–water partition coefficient (Wildman–Crippen LogP) is 2.04. The van der Waals surface area contributed by atoms with E-state index in [1.165, 1.54) is 0 Å². The number of ether oxygens (including phenoxy) is 1. The number of nitrogens with zero attached hydrogens (tertiary/aromatic N) is 5. The molecule has 0 spiro atoms. The minimum Gasteiger partial charge on any atom is -0.461 e. The van der Waals surface area contributed by atoms with Gasteiger partial charge in [-0.25, -0.2) is 0 Å². The standard InChI is InChI=1S/C17H21N5O3/c1-12-8-13(2)22(19-12)10-14-9-21(5-7-23-14)11-16-18-17(20-25-16)15-4-3-6-24-15/h3-4,6,8,14H,5,7,9-11H2,1-2H3. The molecule has 1 unspecified atom stereocenters. The van der Waals surface area contributed by atoms with Crippen molar-refractivity contribution in [2.24, 2.45) is 0 Å². The Morgan fingerprint density at radius 3 is 3.00 bits per heavy atom. The fourth-order valence-corrected chi connectivity index (χ4v) is 3.10. The average molecular weight is 343 g/mol. The fourth-order valence-electron chi connectivity index (χ4n) is 3.10. The van der Waals surface area contributed by atoms with Crippen molar-refractivity contribution in [1.82, 2.24) is 24.8 Å². The van der Waals surface area contributed by atoms with Crippen LogP contribution in [-0.4, -0.2) is 50.6 Å². The number of hydrogen-bond donors (Lipinski definition) is 0. The van der Waals surface area contributed by atoms with Crippen LogP contribution in [0.15, 0.2) is 33.4 Å². The Balaban J connectivity index is 1.37. The molecule has 0 saturated carbocycles. The summed E-state index contributed by atoms with van der Waals surface area (Å²) in [6.45, 7) is 7.74. The first-order valence-electron chi connectivity index (χ1n) is 8.39. The maximum atomic E-state index is 5.89. The molecule has 8 heteroatoms. The molecule has 0 bridgehead atoms.